The molecule has 41 heavy (non-hydrogen) atoms. The molecule has 0 aromatic heterocycles. The van der Waals surface area contributed by atoms with Gasteiger partial charge in [0.25, 0.3) is 0 Å². The topological polar surface area (TPSA) is 167 Å². The number of esters is 4. The minimum absolute atomic E-state index is 0.00381. The number of ether oxygens (including phenoxy) is 7. The molecule has 0 aliphatic carbocycles. The molecule has 13 heteroatoms. The number of hydrogen-bond donors (Lipinski definition) is 0. The van der Waals surface area contributed by atoms with Crippen molar-refractivity contribution in [1.29, 1.82) is 0 Å². The Morgan fingerprint density at radius 1 is 0.585 bits per heavy atom. The lowest BCUT2D eigenvalue weighted by Crippen LogP contribution is -2.61. The minimum atomic E-state index is -1.24. The molecule has 0 aromatic carbocycles. The molecule has 2 heterocycles. The maximum absolute atomic E-state index is 12.3. The third-order valence-electron chi connectivity index (χ3n) is 7.13. The van der Waals surface area contributed by atoms with E-state index in [4.69, 9.17) is 33.2 Å². The number of rotatable bonds is 12. The van der Waals surface area contributed by atoms with Crippen molar-refractivity contribution in [3.05, 3.63) is 0 Å². The summed E-state index contributed by atoms with van der Waals surface area (Å²) in [5, 5.41) is 0. The summed E-state index contributed by atoms with van der Waals surface area (Å²) in [5.74, 6) is -4.70. The van der Waals surface area contributed by atoms with Gasteiger partial charge in [0.15, 0.2) is 6.29 Å². The SMILES string of the molecule is CC(=O)CC1[C@H](O[C@@H]2C(COC(C)=O)O[C@@H](C)C(CC(C)=O)[C@@H]2OC(C)=O)OC(COC(C)=O)[C@@H](C)[C@@H]1OC(C)=O. The molecule has 10 atom stereocenters. The van der Waals surface area contributed by atoms with Gasteiger partial charge in [0.2, 0.25) is 0 Å². The van der Waals surface area contributed by atoms with Crippen LogP contribution in [0.1, 0.15) is 68.2 Å². The first-order chi connectivity index (χ1) is 19.1. The van der Waals surface area contributed by atoms with E-state index in [-0.39, 0.29) is 37.6 Å². The van der Waals surface area contributed by atoms with Gasteiger partial charge in [0.05, 0.1) is 12.0 Å². The highest BCUT2D eigenvalue weighted by molar-refractivity contribution is 5.76. The molecule has 2 fully saturated rings. The van der Waals surface area contributed by atoms with E-state index in [1.165, 1.54) is 41.5 Å². The van der Waals surface area contributed by atoms with Gasteiger partial charge >= 0.3 is 23.9 Å². The van der Waals surface area contributed by atoms with Crippen LogP contribution in [0.3, 0.4) is 0 Å². The Morgan fingerprint density at radius 3 is 1.56 bits per heavy atom. The summed E-state index contributed by atoms with van der Waals surface area (Å²) in [6.45, 7) is 10.7. The van der Waals surface area contributed by atoms with Crippen LogP contribution in [0.4, 0.5) is 0 Å². The van der Waals surface area contributed by atoms with Crippen LogP contribution in [0.15, 0.2) is 0 Å². The third-order valence-corrected chi connectivity index (χ3v) is 7.13. The van der Waals surface area contributed by atoms with E-state index in [0.717, 1.165) is 0 Å². The van der Waals surface area contributed by atoms with Crippen LogP contribution in [0.25, 0.3) is 0 Å². The fourth-order valence-electron chi connectivity index (χ4n) is 5.40. The van der Waals surface area contributed by atoms with Crippen molar-refractivity contribution < 1.29 is 61.9 Å². The van der Waals surface area contributed by atoms with Gasteiger partial charge in [0, 0.05) is 52.4 Å². The molecule has 13 nitrogen and oxygen atoms in total. The summed E-state index contributed by atoms with van der Waals surface area (Å²) in [6.07, 6.45) is -6.70. The molecule has 4 unspecified atom stereocenters. The molecular weight excluding hydrogens is 544 g/mol. The lowest BCUT2D eigenvalue weighted by atomic mass is 9.81. The van der Waals surface area contributed by atoms with Gasteiger partial charge in [-0.15, -0.1) is 0 Å². The van der Waals surface area contributed by atoms with E-state index in [2.05, 4.69) is 0 Å². The van der Waals surface area contributed by atoms with Crippen LogP contribution >= 0.6 is 0 Å². The summed E-state index contributed by atoms with van der Waals surface area (Å²) in [6, 6.07) is 0. The van der Waals surface area contributed by atoms with Crippen LogP contribution in [0.5, 0.6) is 0 Å². The standard InChI is InChI=1S/C28H42O13/c1-13(29)9-21-16(4)37-24(12-36-18(6)32)27(26(21)39-20(8)34)41-28-22(10-14(2)30)25(38-19(7)33)15(3)23(40-28)11-35-17(5)31/h15-16,21-28H,9-12H2,1-8H3/t15-,16+,21?,22?,23?,24?,25+,26+,27-,28+/m1/s1. The second kappa shape index (κ2) is 15.4. The third kappa shape index (κ3) is 10.2. The number of carbonyl (C=O) groups excluding carboxylic acids is 6. The summed E-state index contributed by atoms with van der Waals surface area (Å²) < 4.78 is 40.5. The lowest BCUT2D eigenvalue weighted by Gasteiger charge is -2.49. The van der Waals surface area contributed by atoms with E-state index >= 15 is 0 Å². The molecule has 2 rings (SSSR count). The van der Waals surface area contributed by atoms with Gasteiger partial charge in [-0.3, -0.25) is 19.2 Å². The van der Waals surface area contributed by atoms with E-state index in [0.29, 0.717) is 0 Å². The molecule has 0 radical (unpaired) electrons. The summed E-state index contributed by atoms with van der Waals surface area (Å²) in [5.41, 5.74) is 0. The maximum Gasteiger partial charge on any atom is 0.303 e. The van der Waals surface area contributed by atoms with Crippen molar-refractivity contribution in [2.24, 2.45) is 17.8 Å². The summed E-state index contributed by atoms with van der Waals surface area (Å²) in [7, 11) is 0. The zero-order valence-corrected chi connectivity index (χ0v) is 24.9. The molecule has 0 bridgehead atoms. The number of Topliss-reactive ketones (excluding diaryl/α,β-unsaturated/α-hetero) is 2. The maximum atomic E-state index is 12.3. The fourth-order valence-corrected chi connectivity index (χ4v) is 5.40. The molecule has 2 aliphatic heterocycles. The Morgan fingerprint density at radius 2 is 1.07 bits per heavy atom. The Balaban J connectivity index is 2.57. The predicted octanol–water partition coefficient (Wildman–Crippen LogP) is 1.70. The molecular formula is C28H42O13. The van der Waals surface area contributed by atoms with Crippen LogP contribution in [0.2, 0.25) is 0 Å². The van der Waals surface area contributed by atoms with Crippen LogP contribution in [0, 0.1) is 17.8 Å². The monoisotopic (exact) mass is 586 g/mol. The second-order valence-corrected chi connectivity index (χ2v) is 10.8. The largest absolute Gasteiger partial charge is 0.463 e. The van der Waals surface area contributed by atoms with Crippen molar-refractivity contribution in [3.63, 3.8) is 0 Å². The van der Waals surface area contributed by atoms with E-state index in [1.807, 2.05) is 0 Å². The van der Waals surface area contributed by atoms with E-state index in [9.17, 15) is 28.8 Å². The fraction of sp³-hybridized carbons (Fsp3) is 0.786. The Labute approximate surface area is 239 Å². The zero-order valence-electron chi connectivity index (χ0n) is 24.9. The van der Waals surface area contributed by atoms with Gasteiger partial charge in [-0.2, -0.15) is 0 Å². The molecule has 2 saturated heterocycles. The van der Waals surface area contributed by atoms with Crippen molar-refractivity contribution in [1.82, 2.24) is 0 Å². The van der Waals surface area contributed by atoms with Gasteiger partial charge in [0.1, 0.15) is 55.3 Å². The van der Waals surface area contributed by atoms with Gasteiger partial charge in [-0.25, -0.2) is 0 Å². The molecule has 0 spiro atoms. The number of ketones is 2. The lowest BCUT2D eigenvalue weighted by molar-refractivity contribution is -0.323. The molecule has 2 aliphatic rings. The minimum Gasteiger partial charge on any atom is -0.463 e. The molecule has 0 N–H and O–H groups in total. The summed E-state index contributed by atoms with van der Waals surface area (Å²) in [4.78, 5) is 72.0. The molecule has 232 valence electrons. The van der Waals surface area contributed by atoms with Gasteiger partial charge < -0.3 is 42.7 Å². The van der Waals surface area contributed by atoms with Crippen LogP contribution < -0.4 is 0 Å². The average molecular weight is 587 g/mol. The number of carbonyl (C=O) groups is 6. The van der Waals surface area contributed by atoms with Crippen molar-refractivity contribution in [2.45, 2.75) is 111 Å². The highest BCUT2D eigenvalue weighted by Crippen LogP contribution is 2.40. The molecule has 0 aromatic rings. The molecule has 0 amide bonds. The normalized spacial score (nSPS) is 33.3. The average Bonchev–Trinajstić information content (AvgIpc) is 2.83. The second-order valence-electron chi connectivity index (χ2n) is 10.8. The zero-order chi connectivity index (χ0) is 31.0. The quantitative estimate of drug-likeness (QED) is 0.240. The highest BCUT2D eigenvalue weighted by Gasteiger charge is 2.53. The smallest absolute Gasteiger partial charge is 0.303 e. The Bertz CT molecular complexity index is 978. The summed E-state index contributed by atoms with van der Waals surface area (Å²) >= 11 is 0. The predicted molar refractivity (Wildman–Crippen MR) is 139 cm³/mol. The Kier molecular flexibility index (Phi) is 12.9. The van der Waals surface area contributed by atoms with Crippen molar-refractivity contribution >= 4 is 35.4 Å². The first-order valence-electron chi connectivity index (χ1n) is 13.7. The van der Waals surface area contributed by atoms with E-state index in [1.54, 1.807) is 13.8 Å². The Hall–Kier alpha value is -2.90. The first kappa shape index (κ1) is 34.3. The first-order valence-corrected chi connectivity index (χ1v) is 13.7. The van der Waals surface area contributed by atoms with Crippen LogP contribution in [-0.4, -0.2) is 91.6 Å². The van der Waals surface area contributed by atoms with Crippen LogP contribution in [-0.2, 0) is 61.9 Å². The highest BCUT2D eigenvalue weighted by atomic mass is 16.7. The van der Waals surface area contributed by atoms with Gasteiger partial charge in [-0.1, -0.05) is 6.92 Å². The van der Waals surface area contributed by atoms with Gasteiger partial charge in [-0.05, 0) is 20.8 Å². The number of hydrogen-bond acceptors (Lipinski definition) is 13. The van der Waals surface area contributed by atoms with E-state index < -0.39 is 84.5 Å². The van der Waals surface area contributed by atoms with Crippen molar-refractivity contribution in [3.8, 4) is 0 Å². The van der Waals surface area contributed by atoms with Crippen molar-refractivity contribution in [2.75, 3.05) is 13.2 Å². The molecule has 0 saturated carbocycles.